The molecule has 0 atom stereocenters. The first-order chi connectivity index (χ1) is 17.2. The zero-order valence-electron chi connectivity index (χ0n) is 19.8. The molecule has 184 valence electrons. The molecule has 3 heterocycles. The van der Waals surface area contributed by atoms with Gasteiger partial charge in [-0.25, -0.2) is 0 Å². The molecule has 2 aromatic carbocycles. The Labute approximate surface area is 210 Å². The van der Waals surface area contributed by atoms with Gasteiger partial charge in [0.2, 0.25) is 0 Å². The van der Waals surface area contributed by atoms with E-state index in [1.165, 1.54) is 0 Å². The minimum Gasteiger partial charge on any atom is -0.379 e. The Morgan fingerprint density at radius 3 is 2.34 bits per heavy atom. The van der Waals surface area contributed by atoms with Gasteiger partial charge in [-0.3, -0.25) is 9.69 Å². The molecule has 1 amide bonds. The maximum absolute atomic E-state index is 12.9. The average Bonchev–Trinajstić information content (AvgIpc) is 2.91. The van der Waals surface area contributed by atoms with Gasteiger partial charge in [-0.2, -0.15) is 0 Å². The largest absolute Gasteiger partial charge is 0.379 e. The number of hydrogen-bond donors (Lipinski definition) is 1. The fourth-order valence-corrected chi connectivity index (χ4v) is 5.03. The lowest BCUT2D eigenvalue weighted by Gasteiger charge is -2.37. The van der Waals surface area contributed by atoms with Crippen molar-refractivity contribution in [2.75, 3.05) is 75.4 Å². The summed E-state index contributed by atoms with van der Waals surface area (Å²) in [5.74, 6) is 0.647. The molecule has 1 N–H and O–H groups in total. The summed E-state index contributed by atoms with van der Waals surface area (Å²) >= 11 is 6.40. The predicted octanol–water partition coefficient (Wildman–Crippen LogP) is 3.06. The van der Waals surface area contributed by atoms with Gasteiger partial charge in [0, 0.05) is 56.6 Å². The Bertz CT molecular complexity index is 1160. The molecule has 0 saturated carbocycles. The molecule has 5 rings (SSSR count). The molecular weight excluding hydrogens is 464 g/mol. The van der Waals surface area contributed by atoms with E-state index in [0.29, 0.717) is 12.2 Å². The van der Waals surface area contributed by atoms with Crippen LogP contribution in [0.3, 0.4) is 0 Å². The van der Waals surface area contributed by atoms with Crippen molar-refractivity contribution >= 4 is 39.8 Å². The van der Waals surface area contributed by atoms with E-state index in [-0.39, 0.29) is 5.91 Å². The van der Waals surface area contributed by atoms with Crippen LogP contribution < -0.4 is 15.1 Å². The molecule has 2 aliphatic rings. The molecule has 3 aromatic rings. The molecule has 1 aromatic heterocycles. The summed E-state index contributed by atoms with van der Waals surface area (Å²) in [5.41, 5.74) is 1.44. The highest BCUT2D eigenvalue weighted by atomic mass is 35.5. The Morgan fingerprint density at radius 1 is 0.886 bits per heavy atom. The predicted molar refractivity (Wildman–Crippen MR) is 140 cm³/mol. The Balaban J connectivity index is 1.24. The summed E-state index contributed by atoms with van der Waals surface area (Å²) in [6, 6.07) is 15.8. The minimum atomic E-state index is -0.175. The lowest BCUT2D eigenvalue weighted by atomic mass is 10.1. The third-order valence-electron chi connectivity index (χ3n) is 6.70. The number of ether oxygens (including phenoxy) is 1. The molecule has 0 aliphatic carbocycles. The van der Waals surface area contributed by atoms with Crippen molar-refractivity contribution in [2.24, 2.45) is 0 Å². The normalized spacial score (nSPS) is 17.1. The van der Waals surface area contributed by atoms with Crippen molar-refractivity contribution in [3.8, 4) is 0 Å². The minimum absolute atomic E-state index is 0.175. The maximum atomic E-state index is 12.9. The number of para-hydroxylation sites is 1. The van der Waals surface area contributed by atoms with Crippen LogP contribution in [-0.2, 0) is 4.74 Å². The summed E-state index contributed by atoms with van der Waals surface area (Å²) in [7, 11) is 0. The highest BCUT2D eigenvalue weighted by molar-refractivity contribution is 6.33. The number of nitrogens with zero attached hydrogens (tertiary/aromatic N) is 5. The van der Waals surface area contributed by atoms with E-state index in [2.05, 4.69) is 36.3 Å². The zero-order chi connectivity index (χ0) is 24.0. The molecule has 2 saturated heterocycles. The topological polar surface area (TPSA) is 73.8 Å². The average molecular weight is 495 g/mol. The molecule has 0 spiro atoms. The van der Waals surface area contributed by atoms with Crippen LogP contribution in [0.1, 0.15) is 16.9 Å². The molecule has 0 bridgehead atoms. The number of fused-ring (bicyclic) bond motifs is 1. The number of carbonyl (C=O) groups is 1. The van der Waals surface area contributed by atoms with Crippen LogP contribution >= 0.6 is 11.6 Å². The van der Waals surface area contributed by atoms with Gasteiger partial charge in [-0.15, -0.1) is 10.2 Å². The highest BCUT2D eigenvalue weighted by Gasteiger charge is 2.23. The number of benzene rings is 2. The van der Waals surface area contributed by atoms with Gasteiger partial charge in [0.05, 0.1) is 23.9 Å². The quantitative estimate of drug-likeness (QED) is 0.506. The summed E-state index contributed by atoms with van der Waals surface area (Å²) in [6.07, 6.45) is 0.894. The van der Waals surface area contributed by atoms with Crippen LogP contribution in [0.4, 0.5) is 11.5 Å². The van der Waals surface area contributed by atoms with E-state index in [4.69, 9.17) is 16.3 Å². The van der Waals surface area contributed by atoms with Gasteiger partial charge >= 0.3 is 0 Å². The van der Waals surface area contributed by atoms with E-state index in [9.17, 15) is 4.79 Å². The van der Waals surface area contributed by atoms with Gasteiger partial charge in [0.25, 0.3) is 5.91 Å². The molecule has 35 heavy (non-hydrogen) atoms. The molecule has 2 fully saturated rings. The zero-order valence-corrected chi connectivity index (χ0v) is 20.6. The van der Waals surface area contributed by atoms with Crippen LogP contribution in [0.15, 0.2) is 48.5 Å². The smallest absolute Gasteiger partial charge is 0.272 e. The van der Waals surface area contributed by atoms with Crippen molar-refractivity contribution in [1.29, 1.82) is 0 Å². The number of piperazine rings is 1. The van der Waals surface area contributed by atoms with Crippen LogP contribution in [0.2, 0.25) is 5.02 Å². The van der Waals surface area contributed by atoms with Crippen molar-refractivity contribution in [2.45, 2.75) is 6.42 Å². The van der Waals surface area contributed by atoms with Crippen LogP contribution in [0, 0.1) is 0 Å². The lowest BCUT2D eigenvalue weighted by molar-refractivity contribution is 0.0374. The van der Waals surface area contributed by atoms with E-state index in [1.807, 2.05) is 42.5 Å². The van der Waals surface area contributed by atoms with E-state index >= 15 is 0 Å². The molecule has 2 aliphatic heterocycles. The first-order valence-electron chi connectivity index (χ1n) is 12.3. The van der Waals surface area contributed by atoms with Crippen molar-refractivity contribution in [3.63, 3.8) is 0 Å². The first-order valence-corrected chi connectivity index (χ1v) is 12.7. The number of amides is 1. The molecule has 8 nitrogen and oxygen atoms in total. The standard InChI is InChI=1S/C26H31ClN6O2/c27-22-8-3-4-9-23(22)32-12-14-33(15-13-32)25-21-7-2-1-6-20(21)24(29-30-25)26(34)28-10-5-11-31-16-18-35-19-17-31/h1-4,6-9H,5,10-19H2,(H,28,34). The van der Waals surface area contributed by atoms with Crippen LogP contribution in [-0.4, -0.2) is 86.6 Å². The third kappa shape index (κ3) is 5.50. The number of aromatic nitrogens is 2. The van der Waals surface area contributed by atoms with Crippen molar-refractivity contribution < 1.29 is 9.53 Å². The number of halogens is 1. The third-order valence-corrected chi connectivity index (χ3v) is 7.02. The van der Waals surface area contributed by atoms with Crippen LogP contribution in [0.5, 0.6) is 0 Å². The van der Waals surface area contributed by atoms with E-state index in [0.717, 1.165) is 92.7 Å². The second-order valence-electron chi connectivity index (χ2n) is 8.91. The molecule has 0 unspecified atom stereocenters. The SMILES string of the molecule is O=C(NCCCN1CCOCC1)c1nnc(N2CCN(c3ccccc3Cl)CC2)c2ccccc12. The molecular formula is C26H31ClN6O2. The molecule has 0 radical (unpaired) electrons. The maximum Gasteiger partial charge on any atom is 0.272 e. The fraction of sp³-hybridized carbons (Fsp3) is 0.423. The summed E-state index contributed by atoms with van der Waals surface area (Å²) < 4.78 is 5.39. The van der Waals surface area contributed by atoms with Crippen molar-refractivity contribution in [3.05, 3.63) is 59.2 Å². The number of rotatable bonds is 7. The highest BCUT2D eigenvalue weighted by Crippen LogP contribution is 2.29. The summed E-state index contributed by atoms with van der Waals surface area (Å²) in [4.78, 5) is 19.9. The lowest BCUT2D eigenvalue weighted by Crippen LogP contribution is -2.47. The number of hydrogen-bond acceptors (Lipinski definition) is 7. The number of morpholine rings is 1. The summed E-state index contributed by atoms with van der Waals surface area (Å²) in [5, 5.41) is 14.5. The number of carbonyl (C=O) groups excluding carboxylic acids is 1. The van der Waals surface area contributed by atoms with Gasteiger partial charge < -0.3 is 19.9 Å². The first kappa shape index (κ1) is 23.8. The number of nitrogens with one attached hydrogen (secondary N) is 1. The van der Waals surface area contributed by atoms with Gasteiger partial charge in [-0.1, -0.05) is 48.0 Å². The van der Waals surface area contributed by atoms with Crippen molar-refractivity contribution in [1.82, 2.24) is 20.4 Å². The monoisotopic (exact) mass is 494 g/mol. The van der Waals surface area contributed by atoms with E-state index in [1.54, 1.807) is 0 Å². The fourth-order valence-electron chi connectivity index (χ4n) is 4.77. The Morgan fingerprint density at radius 2 is 1.57 bits per heavy atom. The van der Waals surface area contributed by atoms with Gasteiger partial charge in [0.1, 0.15) is 0 Å². The second kappa shape index (κ2) is 11.2. The number of anilines is 2. The van der Waals surface area contributed by atoms with Gasteiger partial charge in [0.15, 0.2) is 11.5 Å². The van der Waals surface area contributed by atoms with Gasteiger partial charge in [-0.05, 0) is 25.1 Å². The summed E-state index contributed by atoms with van der Waals surface area (Å²) in [6.45, 7) is 8.33. The Hall–Kier alpha value is -2.94. The Kier molecular flexibility index (Phi) is 7.61. The van der Waals surface area contributed by atoms with E-state index < -0.39 is 0 Å². The van der Waals surface area contributed by atoms with Crippen LogP contribution in [0.25, 0.3) is 10.8 Å². The molecule has 9 heteroatoms. The second-order valence-corrected chi connectivity index (χ2v) is 9.31.